The third kappa shape index (κ3) is 5.42. The van der Waals surface area contributed by atoms with Crippen LogP contribution in [0.2, 0.25) is 0 Å². The van der Waals surface area contributed by atoms with Gasteiger partial charge in [-0.25, -0.2) is 13.1 Å². The van der Waals surface area contributed by atoms with Gasteiger partial charge in [0, 0.05) is 24.4 Å². The fourth-order valence-corrected chi connectivity index (χ4v) is 3.65. The van der Waals surface area contributed by atoms with Crippen LogP contribution in [-0.2, 0) is 22.9 Å². The van der Waals surface area contributed by atoms with Gasteiger partial charge in [0.15, 0.2) is 0 Å². The summed E-state index contributed by atoms with van der Waals surface area (Å²) in [5.41, 5.74) is 7.49. The van der Waals surface area contributed by atoms with Crippen LogP contribution in [0.3, 0.4) is 0 Å². The van der Waals surface area contributed by atoms with E-state index in [-0.39, 0.29) is 29.5 Å². The maximum atomic E-state index is 12.5. The van der Waals surface area contributed by atoms with Crippen LogP contribution in [0.4, 0.5) is 11.4 Å². The molecule has 0 heterocycles. The zero-order valence-corrected chi connectivity index (χ0v) is 15.3. The number of benzene rings is 2. The molecule has 2 rings (SSSR count). The van der Waals surface area contributed by atoms with Gasteiger partial charge in [0.25, 0.3) is 5.69 Å². The van der Waals surface area contributed by atoms with Crippen molar-refractivity contribution in [2.45, 2.75) is 24.7 Å². The van der Waals surface area contributed by atoms with Crippen LogP contribution >= 0.6 is 12.4 Å². The summed E-state index contributed by atoms with van der Waals surface area (Å²) in [6.45, 7) is 1.99. The minimum Gasteiger partial charge on any atom is -0.399 e. The molecule has 0 amide bonds. The molecule has 7 nitrogen and oxygen atoms in total. The van der Waals surface area contributed by atoms with Gasteiger partial charge >= 0.3 is 0 Å². The normalized spacial score (nSPS) is 10.9. The zero-order valence-electron chi connectivity index (χ0n) is 13.6. The lowest BCUT2D eigenvalue weighted by molar-refractivity contribution is -0.385. The predicted octanol–water partition coefficient (Wildman–Crippen LogP) is 2.68. The maximum Gasteiger partial charge on any atom is 0.270 e. The lowest BCUT2D eigenvalue weighted by Gasteiger charge is -2.10. The predicted molar refractivity (Wildman–Crippen MR) is 99.5 cm³/mol. The quantitative estimate of drug-likeness (QED) is 0.432. The van der Waals surface area contributed by atoms with Gasteiger partial charge < -0.3 is 5.73 Å². The summed E-state index contributed by atoms with van der Waals surface area (Å²) >= 11 is 0. The molecule has 0 fully saturated rings. The highest BCUT2D eigenvalue weighted by Gasteiger charge is 2.21. The number of aryl methyl sites for hydroxylation is 1. The van der Waals surface area contributed by atoms with Gasteiger partial charge in [-0.05, 0) is 36.1 Å². The Balaban J connectivity index is 0.00000312. The fourth-order valence-electron chi connectivity index (χ4n) is 2.29. The molecule has 0 atom stereocenters. The van der Waals surface area contributed by atoms with Gasteiger partial charge in [0.1, 0.15) is 0 Å². The van der Waals surface area contributed by atoms with Gasteiger partial charge in [-0.1, -0.05) is 25.1 Å². The number of hydrogen-bond acceptors (Lipinski definition) is 5. The number of sulfonamides is 1. The first-order chi connectivity index (χ1) is 11.3. The molecule has 2 aromatic rings. The number of nitro benzene ring substituents is 1. The molecule has 0 radical (unpaired) electrons. The molecule has 25 heavy (non-hydrogen) atoms. The van der Waals surface area contributed by atoms with Crippen molar-refractivity contribution in [2.75, 3.05) is 12.3 Å². The number of non-ortho nitro benzene ring substituents is 1. The fraction of sp³-hybridized carbons (Fsp3) is 0.250. The summed E-state index contributed by atoms with van der Waals surface area (Å²) in [4.78, 5) is 10.2. The topological polar surface area (TPSA) is 115 Å². The molecule has 0 unspecified atom stereocenters. The first kappa shape index (κ1) is 20.9. The number of halogens is 1. The Hall–Kier alpha value is -2.16. The molecule has 0 aliphatic heterocycles. The summed E-state index contributed by atoms with van der Waals surface area (Å²) < 4.78 is 27.5. The minimum absolute atomic E-state index is 0. The van der Waals surface area contributed by atoms with Crippen LogP contribution in [0, 0.1) is 10.1 Å². The Kier molecular flexibility index (Phi) is 7.35. The smallest absolute Gasteiger partial charge is 0.270 e. The summed E-state index contributed by atoms with van der Waals surface area (Å²) in [7, 11) is -3.82. The molecular formula is C16H20ClN3O4S. The largest absolute Gasteiger partial charge is 0.399 e. The van der Waals surface area contributed by atoms with E-state index in [0.29, 0.717) is 24.1 Å². The van der Waals surface area contributed by atoms with Gasteiger partial charge in [-0.15, -0.1) is 12.4 Å². The highest BCUT2D eigenvalue weighted by atomic mass is 35.5. The molecule has 3 N–H and O–H groups in total. The summed E-state index contributed by atoms with van der Waals surface area (Å²) in [6.07, 6.45) is 0.960. The zero-order chi connectivity index (χ0) is 17.7. The van der Waals surface area contributed by atoms with Crippen molar-refractivity contribution in [3.05, 3.63) is 63.7 Å². The highest BCUT2D eigenvalue weighted by molar-refractivity contribution is 7.89. The van der Waals surface area contributed by atoms with Gasteiger partial charge in [-0.3, -0.25) is 10.1 Å². The summed E-state index contributed by atoms with van der Waals surface area (Å²) in [6, 6.07) is 11.0. The SMILES string of the molecule is CCc1ccc([N+](=O)[O-])cc1S(=O)(=O)NCCc1ccc(N)cc1.Cl. The van der Waals surface area contributed by atoms with E-state index in [1.807, 2.05) is 12.1 Å². The van der Waals surface area contributed by atoms with E-state index in [4.69, 9.17) is 5.73 Å². The van der Waals surface area contributed by atoms with Crippen molar-refractivity contribution in [2.24, 2.45) is 0 Å². The van der Waals surface area contributed by atoms with E-state index in [2.05, 4.69) is 4.72 Å². The molecule has 0 spiro atoms. The van der Waals surface area contributed by atoms with E-state index in [1.165, 1.54) is 12.1 Å². The molecule has 0 bridgehead atoms. The molecule has 136 valence electrons. The number of nitrogens with zero attached hydrogens (tertiary/aromatic N) is 1. The average molecular weight is 386 g/mol. The van der Waals surface area contributed by atoms with Crippen molar-refractivity contribution >= 4 is 33.8 Å². The van der Waals surface area contributed by atoms with Crippen molar-refractivity contribution in [1.82, 2.24) is 4.72 Å². The number of hydrogen-bond donors (Lipinski definition) is 2. The number of nitrogens with two attached hydrogens (primary N) is 1. The molecule has 0 saturated carbocycles. The number of nitrogen functional groups attached to an aromatic ring is 1. The monoisotopic (exact) mass is 385 g/mol. The van der Waals surface area contributed by atoms with Crippen LogP contribution < -0.4 is 10.5 Å². The van der Waals surface area contributed by atoms with Gasteiger partial charge in [0.05, 0.1) is 9.82 Å². The Morgan fingerprint density at radius 2 is 1.80 bits per heavy atom. The summed E-state index contributed by atoms with van der Waals surface area (Å²) in [5.74, 6) is 0. The standard InChI is InChI=1S/C16H19N3O4S.ClH/c1-2-13-5-8-15(19(20)21)11-16(13)24(22,23)18-10-9-12-3-6-14(17)7-4-12;/h3-8,11,18H,2,9-10,17H2,1H3;1H. The Labute approximate surface area is 152 Å². The van der Waals surface area contributed by atoms with Gasteiger partial charge in [0.2, 0.25) is 10.0 Å². The number of nitrogens with one attached hydrogen (secondary N) is 1. The Morgan fingerprint density at radius 3 is 2.36 bits per heavy atom. The van der Waals surface area contributed by atoms with Crippen LogP contribution in [0.15, 0.2) is 47.4 Å². The van der Waals surface area contributed by atoms with E-state index in [1.54, 1.807) is 19.1 Å². The van der Waals surface area contributed by atoms with E-state index < -0.39 is 14.9 Å². The molecular weight excluding hydrogens is 366 g/mol. The molecule has 0 aromatic heterocycles. The second kappa shape index (κ2) is 8.80. The first-order valence-electron chi connectivity index (χ1n) is 7.45. The van der Waals surface area contributed by atoms with Crippen molar-refractivity contribution in [1.29, 1.82) is 0 Å². The second-order valence-electron chi connectivity index (χ2n) is 5.29. The average Bonchev–Trinajstić information content (AvgIpc) is 2.56. The van der Waals surface area contributed by atoms with Crippen molar-refractivity contribution in [3.63, 3.8) is 0 Å². The van der Waals surface area contributed by atoms with Crippen LogP contribution in [0.1, 0.15) is 18.1 Å². The molecule has 0 saturated heterocycles. The third-order valence-corrected chi connectivity index (χ3v) is 5.16. The van der Waals surface area contributed by atoms with Crippen LogP contribution in [0.25, 0.3) is 0 Å². The minimum atomic E-state index is -3.82. The maximum absolute atomic E-state index is 12.5. The molecule has 0 aliphatic carbocycles. The van der Waals surface area contributed by atoms with E-state index in [9.17, 15) is 18.5 Å². The number of nitro groups is 1. The highest BCUT2D eigenvalue weighted by Crippen LogP contribution is 2.22. The Bertz CT molecular complexity index is 839. The lowest BCUT2D eigenvalue weighted by Crippen LogP contribution is -2.27. The van der Waals surface area contributed by atoms with Crippen LogP contribution in [0.5, 0.6) is 0 Å². The van der Waals surface area contributed by atoms with E-state index >= 15 is 0 Å². The van der Waals surface area contributed by atoms with Crippen LogP contribution in [-0.4, -0.2) is 19.9 Å². The number of anilines is 1. The van der Waals surface area contributed by atoms with E-state index in [0.717, 1.165) is 11.6 Å². The first-order valence-corrected chi connectivity index (χ1v) is 8.93. The van der Waals surface area contributed by atoms with Crippen molar-refractivity contribution < 1.29 is 13.3 Å². The summed E-state index contributed by atoms with van der Waals surface area (Å²) in [5, 5.41) is 10.9. The molecule has 9 heteroatoms. The number of rotatable bonds is 7. The molecule has 2 aromatic carbocycles. The second-order valence-corrected chi connectivity index (χ2v) is 7.03. The lowest BCUT2D eigenvalue weighted by atomic mass is 10.1. The Morgan fingerprint density at radius 1 is 1.16 bits per heavy atom. The van der Waals surface area contributed by atoms with Crippen molar-refractivity contribution in [3.8, 4) is 0 Å². The third-order valence-electron chi connectivity index (χ3n) is 3.62. The van der Waals surface area contributed by atoms with Gasteiger partial charge in [-0.2, -0.15) is 0 Å². The molecule has 0 aliphatic rings.